The summed E-state index contributed by atoms with van der Waals surface area (Å²) in [5.74, 6) is -0.771. The van der Waals surface area contributed by atoms with Gasteiger partial charge in [-0.15, -0.1) is 11.8 Å². The first-order chi connectivity index (χ1) is 9.04. The number of hydrogen-bond acceptors (Lipinski definition) is 4. The Morgan fingerprint density at radius 3 is 2.37 bits per heavy atom. The maximum Gasteiger partial charge on any atom is 0.329 e. The number of carboxylic acid groups (broad SMARTS) is 1. The Morgan fingerprint density at radius 1 is 1.32 bits per heavy atom. The molecule has 0 aliphatic carbocycles. The van der Waals surface area contributed by atoms with Crippen molar-refractivity contribution in [3.05, 3.63) is 0 Å². The molecule has 0 atom stereocenters. The lowest BCUT2D eigenvalue weighted by molar-refractivity contribution is -0.147. The lowest BCUT2D eigenvalue weighted by atomic mass is 9.93. The fraction of sp³-hybridized carbons (Fsp3) is 0.846. The minimum atomic E-state index is -1.11. The topological polar surface area (TPSA) is 78.4 Å². The third-order valence-corrected chi connectivity index (χ3v) is 5.10. The molecule has 3 N–H and O–H groups in total. The Labute approximate surface area is 118 Å². The van der Waals surface area contributed by atoms with Crippen LogP contribution in [0.4, 0.5) is 0 Å². The molecule has 0 aromatic heterocycles. The Kier molecular flexibility index (Phi) is 6.65. The SMILES string of the molecule is CCC(CC)(NC(=O)CSC1CCNCC1)C(=O)O. The zero-order chi connectivity index (χ0) is 14.3. The van der Waals surface area contributed by atoms with Gasteiger partial charge in [-0.05, 0) is 38.8 Å². The average Bonchev–Trinajstić information content (AvgIpc) is 2.43. The molecule has 0 unspecified atom stereocenters. The Morgan fingerprint density at radius 2 is 1.89 bits per heavy atom. The highest BCUT2D eigenvalue weighted by Crippen LogP contribution is 2.21. The monoisotopic (exact) mass is 288 g/mol. The molecule has 1 aliphatic rings. The van der Waals surface area contributed by atoms with Crippen LogP contribution in [0.5, 0.6) is 0 Å². The number of thioether (sulfide) groups is 1. The van der Waals surface area contributed by atoms with Crippen molar-refractivity contribution in [3.8, 4) is 0 Å². The van der Waals surface area contributed by atoms with Crippen LogP contribution < -0.4 is 10.6 Å². The Bertz CT molecular complexity index is 313. The van der Waals surface area contributed by atoms with E-state index >= 15 is 0 Å². The van der Waals surface area contributed by atoms with E-state index in [2.05, 4.69) is 10.6 Å². The van der Waals surface area contributed by atoms with Gasteiger partial charge in [-0.25, -0.2) is 4.79 Å². The van der Waals surface area contributed by atoms with Crippen LogP contribution in [0.15, 0.2) is 0 Å². The molecule has 1 rings (SSSR count). The second-order valence-electron chi connectivity index (χ2n) is 4.90. The van der Waals surface area contributed by atoms with Crippen molar-refractivity contribution in [3.63, 3.8) is 0 Å². The number of carboxylic acids is 1. The van der Waals surface area contributed by atoms with Crippen molar-refractivity contribution in [2.75, 3.05) is 18.8 Å². The van der Waals surface area contributed by atoms with Crippen molar-refractivity contribution in [1.29, 1.82) is 0 Å². The maximum atomic E-state index is 11.9. The van der Waals surface area contributed by atoms with Crippen molar-refractivity contribution in [2.24, 2.45) is 0 Å². The number of amides is 1. The van der Waals surface area contributed by atoms with Gasteiger partial charge in [0.05, 0.1) is 5.75 Å². The van der Waals surface area contributed by atoms with E-state index < -0.39 is 11.5 Å². The first-order valence-electron chi connectivity index (χ1n) is 6.90. The van der Waals surface area contributed by atoms with Crippen LogP contribution in [-0.2, 0) is 9.59 Å². The minimum absolute atomic E-state index is 0.172. The standard InChI is InChI=1S/C13H24N2O3S/c1-3-13(4-2,12(17)18)15-11(16)9-19-10-5-7-14-8-6-10/h10,14H,3-9H2,1-2H3,(H,15,16)(H,17,18). The molecule has 1 heterocycles. The van der Waals surface area contributed by atoms with Crippen LogP contribution in [0.1, 0.15) is 39.5 Å². The molecule has 6 heteroatoms. The summed E-state index contributed by atoms with van der Waals surface area (Å²) < 4.78 is 0. The van der Waals surface area contributed by atoms with Gasteiger partial charge in [0.1, 0.15) is 5.54 Å². The van der Waals surface area contributed by atoms with Crippen molar-refractivity contribution < 1.29 is 14.7 Å². The Hall–Kier alpha value is -0.750. The largest absolute Gasteiger partial charge is 0.480 e. The smallest absolute Gasteiger partial charge is 0.329 e. The van der Waals surface area contributed by atoms with Crippen molar-refractivity contribution in [1.82, 2.24) is 10.6 Å². The highest BCUT2D eigenvalue weighted by atomic mass is 32.2. The molecule has 0 spiro atoms. The molecule has 0 aromatic rings. The average molecular weight is 288 g/mol. The molecule has 1 aliphatic heterocycles. The van der Waals surface area contributed by atoms with Gasteiger partial charge in [0.25, 0.3) is 0 Å². The van der Waals surface area contributed by atoms with E-state index in [4.69, 9.17) is 0 Å². The molecular formula is C13H24N2O3S. The summed E-state index contributed by atoms with van der Waals surface area (Å²) in [6.07, 6.45) is 2.96. The predicted octanol–water partition coefficient (Wildman–Crippen LogP) is 1.23. The van der Waals surface area contributed by atoms with Gasteiger partial charge in [0.2, 0.25) is 5.91 Å². The summed E-state index contributed by atoms with van der Waals surface area (Å²) in [5, 5.41) is 15.7. The molecule has 0 saturated carbocycles. The second kappa shape index (κ2) is 7.75. The maximum absolute atomic E-state index is 11.9. The minimum Gasteiger partial charge on any atom is -0.480 e. The number of carbonyl (C=O) groups excluding carboxylic acids is 1. The lowest BCUT2D eigenvalue weighted by Gasteiger charge is -2.28. The van der Waals surface area contributed by atoms with Crippen LogP contribution in [-0.4, -0.2) is 46.6 Å². The molecule has 1 amide bonds. The molecule has 19 heavy (non-hydrogen) atoms. The zero-order valence-corrected chi connectivity index (χ0v) is 12.5. The highest BCUT2D eigenvalue weighted by Gasteiger charge is 2.36. The van der Waals surface area contributed by atoms with E-state index in [9.17, 15) is 14.7 Å². The van der Waals surface area contributed by atoms with Crippen LogP contribution in [0.25, 0.3) is 0 Å². The number of piperidine rings is 1. The molecule has 1 saturated heterocycles. The lowest BCUT2D eigenvalue weighted by Crippen LogP contribution is -2.54. The number of nitrogens with one attached hydrogen (secondary N) is 2. The first-order valence-corrected chi connectivity index (χ1v) is 7.95. The molecule has 110 valence electrons. The van der Waals surface area contributed by atoms with Gasteiger partial charge in [-0.3, -0.25) is 4.79 Å². The summed E-state index contributed by atoms with van der Waals surface area (Å²) >= 11 is 1.63. The van der Waals surface area contributed by atoms with Gasteiger partial charge in [0.15, 0.2) is 0 Å². The fourth-order valence-corrected chi connectivity index (χ4v) is 3.27. The number of carbonyl (C=O) groups is 2. The summed E-state index contributed by atoms with van der Waals surface area (Å²) in [4.78, 5) is 23.2. The number of rotatable bonds is 7. The summed E-state index contributed by atoms with van der Waals surface area (Å²) in [5.41, 5.74) is -1.11. The van der Waals surface area contributed by atoms with Crippen molar-refractivity contribution >= 4 is 23.6 Å². The van der Waals surface area contributed by atoms with Gasteiger partial charge in [0, 0.05) is 5.25 Å². The van der Waals surface area contributed by atoms with E-state index in [0.29, 0.717) is 23.8 Å². The molecule has 0 bridgehead atoms. The summed E-state index contributed by atoms with van der Waals surface area (Å²) in [6.45, 7) is 5.58. The normalized spacial score (nSPS) is 17.2. The van der Waals surface area contributed by atoms with E-state index in [1.807, 2.05) is 0 Å². The van der Waals surface area contributed by atoms with E-state index in [1.165, 1.54) is 0 Å². The molecule has 1 fully saturated rings. The number of aliphatic carboxylic acids is 1. The van der Waals surface area contributed by atoms with Crippen LogP contribution in [0.2, 0.25) is 0 Å². The van der Waals surface area contributed by atoms with E-state index in [0.717, 1.165) is 25.9 Å². The fourth-order valence-electron chi connectivity index (χ4n) is 2.24. The molecular weight excluding hydrogens is 264 g/mol. The van der Waals surface area contributed by atoms with E-state index in [1.54, 1.807) is 25.6 Å². The number of hydrogen-bond donors (Lipinski definition) is 3. The third kappa shape index (κ3) is 4.69. The van der Waals surface area contributed by atoms with Gasteiger partial charge >= 0.3 is 5.97 Å². The van der Waals surface area contributed by atoms with Crippen LogP contribution in [0.3, 0.4) is 0 Å². The summed E-state index contributed by atoms with van der Waals surface area (Å²) in [6, 6.07) is 0. The zero-order valence-electron chi connectivity index (χ0n) is 11.7. The predicted molar refractivity (Wildman–Crippen MR) is 77.4 cm³/mol. The Balaban J connectivity index is 2.42. The van der Waals surface area contributed by atoms with Gasteiger partial charge < -0.3 is 15.7 Å². The second-order valence-corrected chi connectivity index (χ2v) is 6.19. The molecule has 0 aromatic carbocycles. The first kappa shape index (κ1) is 16.3. The van der Waals surface area contributed by atoms with Crippen molar-refractivity contribution in [2.45, 2.75) is 50.3 Å². The van der Waals surface area contributed by atoms with Crippen LogP contribution >= 0.6 is 11.8 Å². The molecule has 5 nitrogen and oxygen atoms in total. The highest BCUT2D eigenvalue weighted by molar-refractivity contribution is 8.00. The van der Waals surface area contributed by atoms with Gasteiger partial charge in [-0.2, -0.15) is 0 Å². The quantitative estimate of drug-likeness (QED) is 0.657. The third-order valence-electron chi connectivity index (χ3n) is 3.73. The van der Waals surface area contributed by atoms with E-state index in [-0.39, 0.29) is 5.91 Å². The van der Waals surface area contributed by atoms with Gasteiger partial charge in [-0.1, -0.05) is 13.8 Å². The molecule has 0 radical (unpaired) electrons. The van der Waals surface area contributed by atoms with Crippen LogP contribution in [0, 0.1) is 0 Å². The summed E-state index contributed by atoms with van der Waals surface area (Å²) in [7, 11) is 0.